The molecule has 4 N–H and O–H groups in total. The molecule has 0 unspecified atom stereocenters. The molecule has 0 bridgehead atoms. The van der Waals surface area contributed by atoms with Crippen LogP contribution in [-0.4, -0.2) is 18.5 Å². The largest absolute Gasteiger partial charge is 0.370 e. The molecular weight excluding hydrogens is 240 g/mol. The topological polar surface area (TPSA) is 84.7 Å². The summed E-state index contributed by atoms with van der Waals surface area (Å²) in [7, 11) is 0. The summed E-state index contributed by atoms with van der Waals surface area (Å²) in [6.45, 7) is 6.64. The van der Waals surface area contributed by atoms with Crippen LogP contribution < -0.4 is 16.4 Å². The molecule has 0 saturated heterocycles. The van der Waals surface area contributed by atoms with Crippen LogP contribution >= 0.6 is 0 Å². The quantitative estimate of drug-likeness (QED) is 0.645. The fourth-order valence-electron chi connectivity index (χ4n) is 2.02. The highest BCUT2D eigenvalue weighted by Gasteiger charge is 2.18. The van der Waals surface area contributed by atoms with Gasteiger partial charge in [-0.3, -0.25) is 4.90 Å². The van der Waals surface area contributed by atoms with Gasteiger partial charge >= 0.3 is 6.03 Å². The van der Waals surface area contributed by atoms with E-state index in [2.05, 4.69) is 11.9 Å². The zero-order chi connectivity index (χ0) is 14.4. The van der Waals surface area contributed by atoms with Gasteiger partial charge in [0.2, 0.25) is 0 Å². The van der Waals surface area contributed by atoms with Crippen LogP contribution in [0.3, 0.4) is 0 Å². The summed E-state index contributed by atoms with van der Waals surface area (Å²) in [5.74, 6) is -0.210. The number of para-hydroxylation sites is 1. The number of amides is 2. The number of benzene rings is 1. The van der Waals surface area contributed by atoms with Crippen molar-refractivity contribution in [3.8, 4) is 0 Å². The van der Waals surface area contributed by atoms with Gasteiger partial charge in [0.25, 0.3) is 0 Å². The molecule has 0 atom stereocenters. The number of rotatable bonds is 4. The summed E-state index contributed by atoms with van der Waals surface area (Å²) in [5, 5.41) is 0. The van der Waals surface area contributed by atoms with Gasteiger partial charge in [-0.25, -0.2) is 4.79 Å². The SMILES string of the molecule is CCCCN(C(=O)N=C(N)N)c1c(C)cccc1C. The van der Waals surface area contributed by atoms with Gasteiger partial charge in [0.05, 0.1) is 5.69 Å². The summed E-state index contributed by atoms with van der Waals surface area (Å²) >= 11 is 0. The maximum Gasteiger partial charge on any atom is 0.351 e. The van der Waals surface area contributed by atoms with Crippen LogP contribution in [-0.2, 0) is 0 Å². The van der Waals surface area contributed by atoms with E-state index < -0.39 is 6.03 Å². The lowest BCUT2D eigenvalue weighted by Crippen LogP contribution is -2.34. The van der Waals surface area contributed by atoms with Crippen molar-refractivity contribution < 1.29 is 4.79 Å². The molecule has 0 radical (unpaired) electrons. The Morgan fingerprint density at radius 2 is 1.84 bits per heavy atom. The predicted molar refractivity (Wildman–Crippen MR) is 79.4 cm³/mol. The van der Waals surface area contributed by atoms with Gasteiger partial charge in [-0.1, -0.05) is 31.5 Å². The van der Waals surface area contributed by atoms with Crippen molar-refractivity contribution in [2.45, 2.75) is 33.6 Å². The van der Waals surface area contributed by atoms with Gasteiger partial charge in [-0.2, -0.15) is 4.99 Å². The molecule has 0 aromatic heterocycles. The smallest absolute Gasteiger partial charge is 0.351 e. The molecular formula is C14H22N4O. The lowest BCUT2D eigenvalue weighted by molar-refractivity contribution is 0.254. The average molecular weight is 262 g/mol. The van der Waals surface area contributed by atoms with Gasteiger partial charge in [0, 0.05) is 6.54 Å². The second-order valence-corrected chi connectivity index (χ2v) is 4.56. The van der Waals surface area contributed by atoms with Crippen molar-refractivity contribution in [2.24, 2.45) is 16.5 Å². The summed E-state index contributed by atoms with van der Waals surface area (Å²) in [4.78, 5) is 17.4. The maximum absolute atomic E-state index is 12.1. The standard InChI is InChI=1S/C14H22N4O/c1-4-5-9-18(14(19)17-13(15)16)12-10(2)7-6-8-11(12)3/h6-8H,4-5,9H2,1-3H3,(H4,15,16,17,19). The fourth-order valence-corrected chi connectivity index (χ4v) is 2.02. The van der Waals surface area contributed by atoms with Crippen LogP contribution in [0, 0.1) is 13.8 Å². The van der Waals surface area contributed by atoms with Crippen LogP contribution in [0.5, 0.6) is 0 Å². The third-order valence-electron chi connectivity index (χ3n) is 2.90. The van der Waals surface area contributed by atoms with Crippen molar-refractivity contribution in [1.82, 2.24) is 0 Å². The molecule has 19 heavy (non-hydrogen) atoms. The van der Waals surface area contributed by atoms with Crippen molar-refractivity contribution in [1.29, 1.82) is 0 Å². The molecule has 1 aromatic carbocycles. The van der Waals surface area contributed by atoms with Gasteiger partial charge in [-0.15, -0.1) is 0 Å². The normalized spacial score (nSPS) is 10.1. The van der Waals surface area contributed by atoms with Crippen LogP contribution in [0.15, 0.2) is 23.2 Å². The van der Waals surface area contributed by atoms with E-state index in [1.165, 1.54) is 0 Å². The Labute approximate surface area is 114 Å². The Balaban J connectivity index is 3.16. The van der Waals surface area contributed by atoms with Crippen molar-refractivity contribution in [3.63, 3.8) is 0 Å². The first-order chi connectivity index (χ1) is 8.97. The number of unbranched alkanes of at least 4 members (excludes halogenated alkanes) is 1. The van der Waals surface area contributed by atoms with Crippen LogP contribution in [0.4, 0.5) is 10.5 Å². The van der Waals surface area contributed by atoms with Crippen LogP contribution in [0.25, 0.3) is 0 Å². The fraction of sp³-hybridized carbons (Fsp3) is 0.429. The number of carbonyl (C=O) groups is 1. The zero-order valence-corrected chi connectivity index (χ0v) is 11.8. The van der Waals surface area contributed by atoms with Gasteiger partial charge < -0.3 is 11.5 Å². The van der Waals surface area contributed by atoms with Gasteiger partial charge in [0.1, 0.15) is 0 Å². The Bertz CT molecular complexity index is 458. The molecule has 0 aliphatic rings. The molecule has 0 aliphatic carbocycles. The molecule has 0 spiro atoms. The van der Waals surface area contributed by atoms with Crippen molar-refractivity contribution in [3.05, 3.63) is 29.3 Å². The minimum absolute atomic E-state index is 0.210. The van der Waals surface area contributed by atoms with E-state index in [4.69, 9.17) is 11.5 Å². The number of anilines is 1. The first-order valence-electron chi connectivity index (χ1n) is 6.44. The highest BCUT2D eigenvalue weighted by molar-refractivity contribution is 6.00. The third kappa shape index (κ3) is 3.98. The molecule has 0 saturated carbocycles. The number of carbonyl (C=O) groups excluding carboxylic acids is 1. The molecule has 0 aliphatic heterocycles. The van der Waals surface area contributed by atoms with Crippen molar-refractivity contribution >= 4 is 17.7 Å². The van der Waals surface area contributed by atoms with Crippen molar-refractivity contribution in [2.75, 3.05) is 11.4 Å². The van der Waals surface area contributed by atoms with Gasteiger partial charge in [-0.05, 0) is 31.4 Å². The second kappa shape index (κ2) is 6.78. The molecule has 104 valence electrons. The summed E-state index contributed by atoms with van der Waals surface area (Å²) in [6, 6.07) is 5.51. The minimum atomic E-state index is -0.411. The van der Waals surface area contributed by atoms with Gasteiger partial charge in [0.15, 0.2) is 5.96 Å². The van der Waals surface area contributed by atoms with E-state index in [1.807, 2.05) is 32.0 Å². The zero-order valence-electron chi connectivity index (χ0n) is 11.8. The lowest BCUT2D eigenvalue weighted by atomic mass is 10.1. The Kier molecular flexibility index (Phi) is 5.36. The highest BCUT2D eigenvalue weighted by Crippen LogP contribution is 2.25. The number of hydrogen-bond acceptors (Lipinski definition) is 1. The number of guanidine groups is 1. The third-order valence-corrected chi connectivity index (χ3v) is 2.90. The Morgan fingerprint density at radius 3 is 2.32 bits per heavy atom. The molecule has 2 amide bonds. The van der Waals surface area contributed by atoms with E-state index >= 15 is 0 Å². The number of nitrogens with two attached hydrogens (primary N) is 2. The summed E-state index contributed by atoms with van der Waals surface area (Å²) in [5.41, 5.74) is 13.6. The summed E-state index contributed by atoms with van der Waals surface area (Å²) in [6.07, 6.45) is 1.90. The number of aryl methyl sites for hydroxylation is 2. The molecule has 1 aromatic rings. The number of hydrogen-bond donors (Lipinski definition) is 2. The Hall–Kier alpha value is -2.04. The first kappa shape index (κ1) is 15.0. The number of urea groups is 1. The minimum Gasteiger partial charge on any atom is -0.370 e. The monoisotopic (exact) mass is 262 g/mol. The molecule has 5 heteroatoms. The average Bonchev–Trinajstić information content (AvgIpc) is 2.31. The van der Waals surface area contributed by atoms with Crippen LogP contribution in [0.1, 0.15) is 30.9 Å². The highest BCUT2D eigenvalue weighted by atomic mass is 16.2. The van der Waals surface area contributed by atoms with E-state index in [0.717, 1.165) is 29.7 Å². The number of aliphatic imine (C=N–C) groups is 1. The molecule has 1 rings (SSSR count). The molecule has 0 fully saturated rings. The summed E-state index contributed by atoms with van der Waals surface area (Å²) < 4.78 is 0. The van der Waals surface area contributed by atoms with E-state index in [9.17, 15) is 4.79 Å². The van der Waals surface area contributed by atoms with E-state index in [1.54, 1.807) is 4.90 Å². The maximum atomic E-state index is 12.1. The van der Waals surface area contributed by atoms with E-state index in [0.29, 0.717) is 6.54 Å². The molecule has 5 nitrogen and oxygen atoms in total. The second-order valence-electron chi connectivity index (χ2n) is 4.56. The van der Waals surface area contributed by atoms with Crippen LogP contribution in [0.2, 0.25) is 0 Å². The molecule has 0 heterocycles. The van der Waals surface area contributed by atoms with E-state index in [-0.39, 0.29) is 5.96 Å². The first-order valence-corrected chi connectivity index (χ1v) is 6.44. The predicted octanol–water partition coefficient (Wildman–Crippen LogP) is 2.30. The Morgan fingerprint density at radius 1 is 1.26 bits per heavy atom. The number of nitrogens with zero attached hydrogens (tertiary/aromatic N) is 2. The lowest BCUT2D eigenvalue weighted by Gasteiger charge is -2.24.